The summed E-state index contributed by atoms with van der Waals surface area (Å²) in [7, 11) is 0. The van der Waals surface area contributed by atoms with Gasteiger partial charge in [-0.05, 0) is 30.5 Å². The lowest BCUT2D eigenvalue weighted by atomic mass is 10.0. The van der Waals surface area contributed by atoms with Crippen molar-refractivity contribution in [2.24, 2.45) is 5.84 Å². The lowest BCUT2D eigenvalue weighted by molar-refractivity contribution is 0.497. The molecule has 0 aromatic carbocycles. The topological polar surface area (TPSA) is 81.7 Å². The zero-order chi connectivity index (χ0) is 13.7. The highest BCUT2D eigenvalue weighted by molar-refractivity contribution is 5.26. The van der Waals surface area contributed by atoms with Crippen molar-refractivity contribution in [2.75, 3.05) is 0 Å². The Balaban J connectivity index is 2.19. The van der Waals surface area contributed by atoms with Gasteiger partial charge in [0.1, 0.15) is 12.2 Å². The predicted molar refractivity (Wildman–Crippen MR) is 73.1 cm³/mol. The third-order valence-corrected chi connectivity index (χ3v) is 3.16. The molecule has 3 N–H and O–H groups in total. The molecular formula is C13H20N6. The molecule has 1 atom stereocenters. The van der Waals surface area contributed by atoms with Crippen LogP contribution in [0.1, 0.15) is 36.3 Å². The van der Waals surface area contributed by atoms with E-state index in [9.17, 15) is 0 Å². The summed E-state index contributed by atoms with van der Waals surface area (Å²) in [5.41, 5.74) is 5.12. The van der Waals surface area contributed by atoms with Crippen LogP contribution in [0, 0.1) is 6.92 Å². The summed E-state index contributed by atoms with van der Waals surface area (Å²) < 4.78 is 1.93. The Morgan fingerprint density at radius 2 is 2.32 bits per heavy atom. The van der Waals surface area contributed by atoms with Crippen LogP contribution in [-0.2, 0) is 13.0 Å². The minimum atomic E-state index is 0.0165. The number of hydrogen-bond acceptors (Lipinski definition) is 5. The fourth-order valence-corrected chi connectivity index (χ4v) is 2.16. The minimum absolute atomic E-state index is 0.0165. The van der Waals surface area contributed by atoms with E-state index in [1.165, 1.54) is 0 Å². The molecule has 1 unspecified atom stereocenters. The van der Waals surface area contributed by atoms with Gasteiger partial charge in [0.15, 0.2) is 0 Å². The molecule has 0 saturated heterocycles. The summed E-state index contributed by atoms with van der Waals surface area (Å²) >= 11 is 0. The molecule has 2 rings (SSSR count). The van der Waals surface area contributed by atoms with E-state index in [4.69, 9.17) is 5.84 Å². The van der Waals surface area contributed by atoms with Crippen LogP contribution >= 0.6 is 0 Å². The third kappa shape index (κ3) is 3.15. The van der Waals surface area contributed by atoms with Crippen LogP contribution in [0.2, 0.25) is 0 Å². The van der Waals surface area contributed by atoms with Gasteiger partial charge in [-0.2, -0.15) is 5.10 Å². The summed E-state index contributed by atoms with van der Waals surface area (Å²) in [4.78, 5) is 8.42. The third-order valence-electron chi connectivity index (χ3n) is 3.16. The van der Waals surface area contributed by atoms with E-state index in [-0.39, 0.29) is 6.04 Å². The van der Waals surface area contributed by atoms with Crippen LogP contribution in [-0.4, -0.2) is 19.7 Å². The molecule has 0 bridgehead atoms. The van der Waals surface area contributed by atoms with Crippen molar-refractivity contribution in [2.45, 2.75) is 39.3 Å². The van der Waals surface area contributed by atoms with E-state index < -0.39 is 0 Å². The molecule has 0 aliphatic rings. The smallest absolute Gasteiger partial charge is 0.138 e. The van der Waals surface area contributed by atoms with Crippen molar-refractivity contribution in [3.8, 4) is 0 Å². The van der Waals surface area contributed by atoms with Crippen LogP contribution in [0.4, 0.5) is 0 Å². The number of aromatic nitrogens is 4. The van der Waals surface area contributed by atoms with E-state index in [1.807, 2.05) is 23.9 Å². The maximum atomic E-state index is 5.69. The van der Waals surface area contributed by atoms with Crippen molar-refractivity contribution in [3.63, 3.8) is 0 Å². The van der Waals surface area contributed by atoms with Gasteiger partial charge in [-0.1, -0.05) is 6.92 Å². The number of nitrogens with one attached hydrogen (secondary N) is 1. The van der Waals surface area contributed by atoms with Crippen molar-refractivity contribution in [3.05, 3.63) is 41.7 Å². The van der Waals surface area contributed by atoms with E-state index in [2.05, 4.69) is 27.4 Å². The van der Waals surface area contributed by atoms with Gasteiger partial charge in [0.25, 0.3) is 0 Å². The molecule has 0 fully saturated rings. The molecule has 19 heavy (non-hydrogen) atoms. The molecule has 0 spiro atoms. The fourth-order valence-electron chi connectivity index (χ4n) is 2.16. The molecule has 0 amide bonds. The Hall–Kier alpha value is -1.79. The average molecular weight is 260 g/mol. The van der Waals surface area contributed by atoms with Crippen molar-refractivity contribution in [1.82, 2.24) is 25.2 Å². The largest absolute Gasteiger partial charge is 0.271 e. The SMILES string of the molecule is CCCn1ncnc1CC(NN)c1ccncc1C. The Morgan fingerprint density at radius 1 is 1.47 bits per heavy atom. The van der Waals surface area contributed by atoms with Gasteiger partial charge in [-0.3, -0.25) is 20.9 Å². The second-order valence-electron chi connectivity index (χ2n) is 4.56. The maximum absolute atomic E-state index is 5.69. The minimum Gasteiger partial charge on any atom is -0.271 e. The maximum Gasteiger partial charge on any atom is 0.138 e. The standard InChI is InChI=1S/C13H20N6/c1-3-6-19-13(16-9-17-19)7-12(18-14)11-4-5-15-8-10(11)2/h4-5,8-9,12,18H,3,6-7,14H2,1-2H3. The summed E-state index contributed by atoms with van der Waals surface area (Å²) in [6, 6.07) is 2.00. The summed E-state index contributed by atoms with van der Waals surface area (Å²) in [6.07, 6.45) is 6.96. The molecule has 0 radical (unpaired) electrons. The van der Waals surface area contributed by atoms with Crippen LogP contribution in [0.3, 0.4) is 0 Å². The predicted octanol–water partition coefficient (Wildman–Crippen LogP) is 1.14. The number of hydrazine groups is 1. The molecule has 2 aromatic heterocycles. The Bertz CT molecular complexity index is 521. The molecular weight excluding hydrogens is 240 g/mol. The summed E-state index contributed by atoms with van der Waals surface area (Å²) in [5.74, 6) is 6.63. The van der Waals surface area contributed by atoms with Gasteiger partial charge >= 0.3 is 0 Å². The number of hydrogen-bond donors (Lipinski definition) is 2. The zero-order valence-electron chi connectivity index (χ0n) is 11.4. The van der Waals surface area contributed by atoms with E-state index in [0.29, 0.717) is 6.42 Å². The van der Waals surface area contributed by atoms with Gasteiger partial charge < -0.3 is 0 Å². The highest BCUT2D eigenvalue weighted by Crippen LogP contribution is 2.19. The van der Waals surface area contributed by atoms with Crippen LogP contribution in [0.5, 0.6) is 0 Å². The lowest BCUT2D eigenvalue weighted by Crippen LogP contribution is -2.31. The quantitative estimate of drug-likeness (QED) is 0.601. The Morgan fingerprint density at radius 3 is 3.00 bits per heavy atom. The summed E-state index contributed by atoms with van der Waals surface area (Å²) in [5, 5.41) is 4.23. The molecule has 0 aliphatic heterocycles. The van der Waals surface area contributed by atoms with Gasteiger partial charge in [0.05, 0.1) is 6.04 Å². The monoisotopic (exact) mass is 260 g/mol. The number of nitrogens with two attached hydrogens (primary N) is 1. The van der Waals surface area contributed by atoms with E-state index >= 15 is 0 Å². The number of pyridine rings is 1. The van der Waals surface area contributed by atoms with Gasteiger partial charge in [-0.25, -0.2) is 4.98 Å². The van der Waals surface area contributed by atoms with Crippen LogP contribution in [0.15, 0.2) is 24.8 Å². The Labute approximate surface area is 113 Å². The first-order valence-corrected chi connectivity index (χ1v) is 6.49. The molecule has 6 heteroatoms. The van der Waals surface area contributed by atoms with Crippen LogP contribution < -0.4 is 11.3 Å². The first-order valence-electron chi connectivity index (χ1n) is 6.49. The normalized spacial score (nSPS) is 12.6. The molecule has 0 aliphatic carbocycles. The lowest BCUT2D eigenvalue weighted by Gasteiger charge is -2.18. The van der Waals surface area contributed by atoms with Crippen molar-refractivity contribution < 1.29 is 0 Å². The van der Waals surface area contributed by atoms with Crippen molar-refractivity contribution >= 4 is 0 Å². The number of aryl methyl sites for hydroxylation is 2. The highest BCUT2D eigenvalue weighted by Gasteiger charge is 2.16. The molecule has 0 saturated carbocycles. The second kappa shape index (κ2) is 6.40. The molecule has 102 valence electrons. The number of nitrogens with zero attached hydrogens (tertiary/aromatic N) is 4. The Kier molecular flexibility index (Phi) is 4.59. The number of rotatable bonds is 6. The van der Waals surface area contributed by atoms with Gasteiger partial charge in [-0.15, -0.1) is 0 Å². The highest BCUT2D eigenvalue weighted by atomic mass is 15.3. The molecule has 2 heterocycles. The first-order chi connectivity index (χ1) is 9.26. The molecule has 2 aromatic rings. The van der Waals surface area contributed by atoms with Gasteiger partial charge in [0.2, 0.25) is 0 Å². The average Bonchev–Trinajstić information content (AvgIpc) is 2.85. The van der Waals surface area contributed by atoms with E-state index in [1.54, 1.807) is 12.5 Å². The zero-order valence-corrected chi connectivity index (χ0v) is 11.4. The van der Waals surface area contributed by atoms with Gasteiger partial charge in [0, 0.05) is 25.4 Å². The summed E-state index contributed by atoms with van der Waals surface area (Å²) in [6.45, 7) is 5.03. The van der Waals surface area contributed by atoms with E-state index in [0.717, 1.165) is 29.9 Å². The van der Waals surface area contributed by atoms with Crippen molar-refractivity contribution in [1.29, 1.82) is 0 Å². The first kappa shape index (κ1) is 13.6. The second-order valence-corrected chi connectivity index (χ2v) is 4.56. The van der Waals surface area contributed by atoms with Crippen LogP contribution in [0.25, 0.3) is 0 Å². The fraction of sp³-hybridized carbons (Fsp3) is 0.462. The molecule has 6 nitrogen and oxygen atoms in total.